The number of halogens is 7. The highest BCUT2D eigenvalue weighted by atomic mass is 79.9. The molecule has 0 spiro atoms. The molecule has 0 N–H and O–H groups in total. The van der Waals surface area contributed by atoms with E-state index in [4.69, 9.17) is 0 Å². The smallest absolute Gasteiger partial charge is 0.207 e. The van der Waals surface area contributed by atoms with Gasteiger partial charge < -0.3 is 0 Å². The Labute approximate surface area is 102 Å². The van der Waals surface area contributed by atoms with Gasteiger partial charge in [0, 0.05) is 11.6 Å². The summed E-state index contributed by atoms with van der Waals surface area (Å²) < 4.78 is 76.2. The Kier molecular flexibility index (Phi) is 4.11. The van der Waals surface area contributed by atoms with Crippen molar-refractivity contribution >= 4 is 15.9 Å². The van der Waals surface area contributed by atoms with Crippen molar-refractivity contribution in [1.29, 1.82) is 0 Å². The third-order valence-corrected chi connectivity index (χ3v) is 3.28. The van der Waals surface area contributed by atoms with Gasteiger partial charge in [-0.2, -0.15) is 8.78 Å². The number of aryl methyl sites for hydroxylation is 1. The second-order valence-corrected chi connectivity index (χ2v) is 4.38. The first kappa shape index (κ1) is 14.3. The van der Waals surface area contributed by atoms with E-state index in [9.17, 15) is 26.3 Å². The molecule has 0 radical (unpaired) electrons. The van der Waals surface area contributed by atoms with Crippen molar-refractivity contribution in [2.75, 3.05) is 0 Å². The van der Waals surface area contributed by atoms with E-state index >= 15 is 0 Å². The molecule has 0 amide bonds. The molecule has 0 aliphatic carbocycles. The van der Waals surface area contributed by atoms with Crippen molar-refractivity contribution in [3.05, 3.63) is 34.9 Å². The van der Waals surface area contributed by atoms with E-state index in [0.29, 0.717) is 6.07 Å². The van der Waals surface area contributed by atoms with Crippen LogP contribution in [0.5, 0.6) is 0 Å². The van der Waals surface area contributed by atoms with E-state index in [2.05, 4.69) is 15.9 Å². The lowest BCUT2D eigenvalue weighted by Crippen LogP contribution is -2.31. The van der Waals surface area contributed by atoms with Crippen molar-refractivity contribution in [3.63, 3.8) is 0 Å². The van der Waals surface area contributed by atoms with Crippen LogP contribution in [0, 0.1) is 18.6 Å². The first-order valence-electron chi connectivity index (χ1n) is 4.43. The van der Waals surface area contributed by atoms with Gasteiger partial charge in [0.15, 0.2) is 0 Å². The lowest BCUT2D eigenvalue weighted by molar-refractivity contribution is -0.128. The Morgan fingerprint density at radius 3 is 2.12 bits per heavy atom. The van der Waals surface area contributed by atoms with Crippen molar-refractivity contribution in [2.24, 2.45) is 0 Å². The van der Waals surface area contributed by atoms with E-state index in [-0.39, 0.29) is 5.56 Å². The van der Waals surface area contributed by atoms with Gasteiger partial charge in [0.2, 0.25) is 0 Å². The number of hydrogen-bond donors (Lipinski definition) is 0. The van der Waals surface area contributed by atoms with Gasteiger partial charge in [-0.25, -0.2) is 17.6 Å². The van der Waals surface area contributed by atoms with Crippen LogP contribution in [0.2, 0.25) is 0 Å². The zero-order valence-corrected chi connectivity index (χ0v) is 10.0. The highest BCUT2D eigenvalue weighted by Crippen LogP contribution is 2.43. The first-order valence-corrected chi connectivity index (χ1v) is 5.35. The summed E-state index contributed by atoms with van der Waals surface area (Å²) in [5.74, 6) is -6.66. The van der Waals surface area contributed by atoms with E-state index in [1.54, 1.807) is 0 Å². The summed E-state index contributed by atoms with van der Waals surface area (Å²) in [6.07, 6.45) is -3.95. The molecular formula is C10H7BrF6. The topological polar surface area (TPSA) is 0 Å². The molecule has 7 heteroatoms. The van der Waals surface area contributed by atoms with E-state index in [0.717, 1.165) is 6.07 Å². The van der Waals surface area contributed by atoms with Gasteiger partial charge in [0.25, 0.3) is 0 Å². The van der Waals surface area contributed by atoms with Crippen LogP contribution in [-0.4, -0.2) is 12.3 Å². The van der Waals surface area contributed by atoms with Crippen molar-refractivity contribution in [1.82, 2.24) is 0 Å². The number of alkyl halides is 5. The molecule has 1 atom stereocenters. The summed E-state index contributed by atoms with van der Waals surface area (Å²) in [4.78, 5) is -2.21. The summed E-state index contributed by atoms with van der Waals surface area (Å²) in [7, 11) is 0. The average Bonchev–Trinajstić information content (AvgIpc) is 2.22. The molecule has 0 saturated heterocycles. The Bertz CT molecular complexity index is 418. The highest BCUT2D eigenvalue weighted by Gasteiger charge is 2.49. The van der Waals surface area contributed by atoms with E-state index in [1.807, 2.05) is 0 Å². The van der Waals surface area contributed by atoms with Gasteiger partial charge in [-0.1, -0.05) is 15.9 Å². The van der Waals surface area contributed by atoms with Crippen LogP contribution in [0.15, 0.2) is 12.1 Å². The van der Waals surface area contributed by atoms with Gasteiger partial charge in [0.1, 0.15) is 16.5 Å². The molecule has 1 aromatic carbocycles. The third-order valence-electron chi connectivity index (χ3n) is 2.18. The molecule has 1 aromatic rings. The van der Waals surface area contributed by atoms with Gasteiger partial charge >= 0.3 is 12.3 Å². The lowest BCUT2D eigenvalue weighted by Gasteiger charge is -2.22. The molecular weight excluding hydrogens is 314 g/mol. The van der Waals surface area contributed by atoms with E-state index < -0.39 is 34.4 Å². The minimum absolute atomic E-state index is 0.101. The number of rotatable bonds is 3. The van der Waals surface area contributed by atoms with Crippen molar-refractivity contribution in [2.45, 2.75) is 24.1 Å². The lowest BCUT2D eigenvalue weighted by atomic mass is 10.0. The molecule has 96 valence electrons. The maximum absolute atomic E-state index is 13.2. The molecule has 0 aromatic heterocycles. The third kappa shape index (κ3) is 2.75. The molecule has 0 bridgehead atoms. The predicted molar refractivity (Wildman–Crippen MR) is 53.7 cm³/mol. The maximum atomic E-state index is 13.2. The van der Waals surface area contributed by atoms with Gasteiger partial charge in [-0.05, 0) is 18.6 Å². The summed E-state index contributed by atoms with van der Waals surface area (Å²) >= 11 is 2.33. The zero-order valence-electron chi connectivity index (χ0n) is 8.46. The summed E-state index contributed by atoms with van der Waals surface area (Å²) in [5.41, 5.74) is -0.801. The van der Waals surface area contributed by atoms with Crippen molar-refractivity contribution in [3.8, 4) is 0 Å². The monoisotopic (exact) mass is 320 g/mol. The summed E-state index contributed by atoms with van der Waals surface area (Å²) in [6.45, 7) is 1.22. The molecule has 0 aliphatic heterocycles. The van der Waals surface area contributed by atoms with Crippen LogP contribution in [0.3, 0.4) is 0 Å². The number of hydrogen-bond acceptors (Lipinski definition) is 0. The second-order valence-electron chi connectivity index (χ2n) is 3.46. The average molecular weight is 321 g/mol. The molecule has 1 unspecified atom stereocenters. The fraction of sp³-hybridized carbons (Fsp3) is 0.400. The van der Waals surface area contributed by atoms with Crippen LogP contribution >= 0.6 is 15.9 Å². The largest absolute Gasteiger partial charge is 0.323 e. The molecule has 17 heavy (non-hydrogen) atoms. The molecule has 0 saturated carbocycles. The molecule has 0 nitrogen and oxygen atoms in total. The first-order chi connectivity index (χ1) is 7.67. The maximum Gasteiger partial charge on any atom is 0.323 e. The SMILES string of the molecule is Cc1cc(C(Br)C(F)(F)C(F)F)c(F)cc1F. The minimum atomic E-state index is -4.44. The van der Waals surface area contributed by atoms with E-state index in [1.165, 1.54) is 6.92 Å². The molecule has 0 fully saturated rings. The van der Waals surface area contributed by atoms with Crippen LogP contribution in [0.4, 0.5) is 26.3 Å². The zero-order chi connectivity index (χ0) is 13.4. The Morgan fingerprint density at radius 1 is 1.12 bits per heavy atom. The van der Waals surface area contributed by atoms with Crippen molar-refractivity contribution < 1.29 is 26.3 Å². The Morgan fingerprint density at radius 2 is 1.65 bits per heavy atom. The minimum Gasteiger partial charge on any atom is -0.207 e. The van der Waals surface area contributed by atoms with Crippen LogP contribution in [-0.2, 0) is 0 Å². The van der Waals surface area contributed by atoms with Gasteiger partial charge in [0.05, 0.1) is 0 Å². The Balaban J connectivity index is 3.21. The predicted octanol–water partition coefficient (Wildman–Crippen LogP) is 4.61. The molecule has 1 rings (SSSR count). The quantitative estimate of drug-likeness (QED) is 0.563. The molecule has 0 heterocycles. The number of benzene rings is 1. The fourth-order valence-corrected chi connectivity index (χ4v) is 1.74. The van der Waals surface area contributed by atoms with Crippen LogP contribution < -0.4 is 0 Å². The standard InChI is InChI=1S/C10H7BrF6/c1-4-2-5(7(13)3-6(4)12)8(11)10(16,17)9(14)15/h2-3,8-9H,1H3. The highest BCUT2D eigenvalue weighted by molar-refractivity contribution is 9.09. The van der Waals surface area contributed by atoms with Gasteiger partial charge in [-0.15, -0.1) is 0 Å². The Hall–Kier alpha value is -0.720. The normalized spacial score (nSPS) is 14.2. The van der Waals surface area contributed by atoms with Crippen LogP contribution in [0.25, 0.3) is 0 Å². The summed E-state index contributed by atoms with van der Waals surface area (Å²) in [5, 5.41) is 0. The molecule has 0 aliphatic rings. The fourth-order valence-electron chi connectivity index (χ4n) is 1.19. The van der Waals surface area contributed by atoms with Crippen LogP contribution in [0.1, 0.15) is 16.0 Å². The van der Waals surface area contributed by atoms with Gasteiger partial charge in [-0.3, -0.25) is 0 Å². The summed E-state index contributed by atoms with van der Waals surface area (Å²) in [6, 6.07) is 1.17. The second kappa shape index (κ2) is 4.88.